The Kier molecular flexibility index (Phi) is 5.97. The van der Waals surface area contributed by atoms with E-state index >= 15 is 0 Å². The van der Waals surface area contributed by atoms with Crippen LogP contribution in [0.5, 0.6) is 0 Å². The molecule has 172 valence electrons. The molecule has 1 N–H and O–H groups in total. The molecular weight excluding hydrogens is 464 g/mol. The Morgan fingerprint density at radius 2 is 1.85 bits per heavy atom. The van der Waals surface area contributed by atoms with Gasteiger partial charge in [0.25, 0.3) is 0 Å². The molecule has 5 rings (SSSR count). The number of hydrogen-bond acceptors (Lipinski definition) is 6. The van der Waals surface area contributed by atoms with Crippen LogP contribution in [0.3, 0.4) is 0 Å². The molecule has 5 aromatic rings. The average molecular weight is 489 g/mol. The Hall–Kier alpha value is -3.43. The zero-order valence-corrected chi connectivity index (χ0v) is 21.0. The smallest absolute Gasteiger partial charge is 0.234 e. The number of amides is 1. The van der Waals surface area contributed by atoms with Crippen LogP contribution in [0.2, 0.25) is 0 Å². The van der Waals surface area contributed by atoms with Gasteiger partial charge in [-0.25, -0.2) is 4.68 Å². The first-order valence-electron chi connectivity index (χ1n) is 10.9. The molecule has 0 atom stereocenters. The summed E-state index contributed by atoms with van der Waals surface area (Å²) >= 11 is 3.01. The van der Waals surface area contributed by atoms with E-state index in [4.69, 9.17) is 5.10 Å². The molecule has 34 heavy (non-hydrogen) atoms. The lowest BCUT2D eigenvalue weighted by Gasteiger charge is -2.10. The molecule has 2 aromatic carbocycles. The molecular formula is C25H24N6OS2. The second-order valence-electron chi connectivity index (χ2n) is 8.11. The summed E-state index contributed by atoms with van der Waals surface area (Å²) in [4.78, 5) is 14.6. The summed E-state index contributed by atoms with van der Waals surface area (Å²) in [5, 5.41) is 18.3. The van der Waals surface area contributed by atoms with Crippen molar-refractivity contribution in [3.63, 3.8) is 0 Å². The number of anilines is 1. The molecule has 0 fully saturated rings. The quantitative estimate of drug-likeness (QED) is 0.318. The lowest BCUT2D eigenvalue weighted by Crippen LogP contribution is -2.15. The highest BCUT2D eigenvalue weighted by Gasteiger charge is 2.19. The number of fused-ring (bicyclic) bond motifs is 1. The Morgan fingerprint density at radius 3 is 2.65 bits per heavy atom. The summed E-state index contributed by atoms with van der Waals surface area (Å²) in [6.07, 6.45) is 0. The normalized spacial score (nSPS) is 11.3. The monoisotopic (exact) mass is 488 g/mol. The number of nitrogens with one attached hydrogen (secondary N) is 1. The van der Waals surface area contributed by atoms with Crippen molar-refractivity contribution in [2.24, 2.45) is 7.05 Å². The first-order valence-corrected chi connectivity index (χ1v) is 12.7. The minimum Gasteiger partial charge on any atom is -0.325 e. The van der Waals surface area contributed by atoms with E-state index in [1.807, 2.05) is 85.6 Å². The maximum absolute atomic E-state index is 12.5. The van der Waals surface area contributed by atoms with Crippen molar-refractivity contribution in [3.05, 3.63) is 71.4 Å². The third-order valence-electron chi connectivity index (χ3n) is 5.81. The molecule has 0 unspecified atom stereocenters. The van der Waals surface area contributed by atoms with E-state index in [1.54, 1.807) is 11.3 Å². The van der Waals surface area contributed by atoms with Gasteiger partial charge in [-0.15, -0.1) is 21.5 Å². The minimum atomic E-state index is -0.0660. The average Bonchev–Trinajstić information content (AvgIpc) is 3.51. The highest BCUT2D eigenvalue weighted by Crippen LogP contribution is 2.36. The number of aryl methyl sites for hydroxylation is 2. The van der Waals surface area contributed by atoms with Crippen LogP contribution in [0, 0.1) is 20.8 Å². The number of hydrogen-bond donors (Lipinski definition) is 1. The fourth-order valence-corrected chi connectivity index (χ4v) is 5.67. The zero-order valence-electron chi connectivity index (χ0n) is 19.4. The second kappa shape index (κ2) is 9.08. The number of thioether (sulfide) groups is 1. The van der Waals surface area contributed by atoms with Crippen molar-refractivity contribution >= 4 is 44.9 Å². The van der Waals surface area contributed by atoms with Crippen molar-refractivity contribution in [2.75, 3.05) is 11.1 Å². The molecule has 9 heteroatoms. The van der Waals surface area contributed by atoms with Gasteiger partial charge in [0.1, 0.15) is 4.83 Å². The SMILES string of the molecule is Cc1cccc(NC(=O)CSc2nnc(-c3cc4c(C)nn(-c5ccccc5)c4s3)n2C)c1C. The van der Waals surface area contributed by atoms with Crippen molar-refractivity contribution in [1.29, 1.82) is 0 Å². The van der Waals surface area contributed by atoms with Crippen LogP contribution in [-0.4, -0.2) is 36.2 Å². The van der Waals surface area contributed by atoms with Crippen LogP contribution in [0.1, 0.15) is 16.8 Å². The molecule has 3 heterocycles. The van der Waals surface area contributed by atoms with Gasteiger partial charge in [0.15, 0.2) is 11.0 Å². The number of nitrogens with zero attached hydrogens (tertiary/aromatic N) is 5. The van der Waals surface area contributed by atoms with Crippen LogP contribution in [-0.2, 0) is 11.8 Å². The van der Waals surface area contributed by atoms with Gasteiger partial charge in [-0.2, -0.15) is 5.10 Å². The number of rotatable bonds is 6. The number of aromatic nitrogens is 5. The lowest BCUT2D eigenvalue weighted by atomic mass is 10.1. The van der Waals surface area contributed by atoms with Crippen molar-refractivity contribution < 1.29 is 4.79 Å². The number of benzene rings is 2. The van der Waals surface area contributed by atoms with Crippen LogP contribution in [0.25, 0.3) is 26.6 Å². The lowest BCUT2D eigenvalue weighted by molar-refractivity contribution is -0.113. The first-order chi connectivity index (χ1) is 16.4. The molecule has 0 spiro atoms. The largest absolute Gasteiger partial charge is 0.325 e. The fourth-order valence-electron chi connectivity index (χ4n) is 3.76. The molecule has 0 aliphatic heterocycles. The van der Waals surface area contributed by atoms with Crippen molar-refractivity contribution in [3.8, 4) is 16.4 Å². The highest BCUT2D eigenvalue weighted by molar-refractivity contribution is 7.99. The summed E-state index contributed by atoms with van der Waals surface area (Å²) in [7, 11) is 1.93. The van der Waals surface area contributed by atoms with Crippen molar-refractivity contribution in [1.82, 2.24) is 24.5 Å². The van der Waals surface area contributed by atoms with Gasteiger partial charge in [0, 0.05) is 18.1 Å². The van der Waals surface area contributed by atoms with E-state index < -0.39 is 0 Å². The van der Waals surface area contributed by atoms with Crippen LogP contribution < -0.4 is 5.32 Å². The molecule has 0 radical (unpaired) electrons. The van der Waals surface area contributed by atoms with Crippen LogP contribution in [0.4, 0.5) is 5.69 Å². The maximum Gasteiger partial charge on any atom is 0.234 e. The van der Waals surface area contributed by atoms with Gasteiger partial charge in [-0.3, -0.25) is 4.79 Å². The summed E-state index contributed by atoms with van der Waals surface area (Å²) in [5.74, 6) is 0.967. The first kappa shape index (κ1) is 22.4. The number of thiophene rings is 1. The molecule has 0 aliphatic rings. The van der Waals surface area contributed by atoms with E-state index in [-0.39, 0.29) is 11.7 Å². The number of para-hydroxylation sites is 1. The van der Waals surface area contributed by atoms with Gasteiger partial charge >= 0.3 is 0 Å². The number of carbonyl (C=O) groups excluding carboxylic acids is 1. The molecule has 0 saturated heterocycles. The van der Waals surface area contributed by atoms with Crippen molar-refractivity contribution in [2.45, 2.75) is 25.9 Å². The summed E-state index contributed by atoms with van der Waals surface area (Å²) < 4.78 is 3.92. The molecule has 0 bridgehead atoms. The van der Waals surface area contributed by atoms with Gasteiger partial charge in [0.05, 0.1) is 22.0 Å². The molecule has 0 saturated carbocycles. The van der Waals surface area contributed by atoms with E-state index in [2.05, 4.69) is 21.6 Å². The van der Waals surface area contributed by atoms with Gasteiger partial charge in [-0.1, -0.05) is 42.1 Å². The third-order valence-corrected chi connectivity index (χ3v) is 7.94. The standard InChI is InChI=1S/C25H24N6OS2/c1-15-9-8-12-20(16(15)2)26-22(32)14-33-25-28-27-23(30(25)4)21-13-19-17(3)29-31(24(19)34-21)18-10-6-5-7-11-18/h5-13H,14H2,1-4H3,(H,26,32). The van der Waals surface area contributed by atoms with Gasteiger partial charge in [0.2, 0.25) is 5.91 Å². The van der Waals surface area contributed by atoms with E-state index in [1.165, 1.54) is 11.8 Å². The predicted octanol–water partition coefficient (Wildman–Crippen LogP) is 5.54. The summed E-state index contributed by atoms with van der Waals surface area (Å²) in [5.41, 5.74) is 5.07. The fraction of sp³-hybridized carbons (Fsp3) is 0.200. The van der Waals surface area contributed by atoms with Crippen LogP contribution in [0.15, 0.2) is 59.8 Å². The highest BCUT2D eigenvalue weighted by atomic mass is 32.2. The topological polar surface area (TPSA) is 77.6 Å². The number of carbonyl (C=O) groups is 1. The summed E-state index contributed by atoms with van der Waals surface area (Å²) in [6, 6.07) is 18.1. The Balaban J connectivity index is 1.35. The van der Waals surface area contributed by atoms with Crippen LogP contribution >= 0.6 is 23.1 Å². The second-order valence-corrected chi connectivity index (χ2v) is 10.1. The van der Waals surface area contributed by atoms with E-state index in [0.717, 1.165) is 49.1 Å². The zero-order chi connectivity index (χ0) is 23.8. The van der Waals surface area contributed by atoms with Gasteiger partial charge in [-0.05, 0) is 56.2 Å². The minimum absolute atomic E-state index is 0.0660. The van der Waals surface area contributed by atoms with E-state index in [0.29, 0.717) is 5.16 Å². The summed E-state index contributed by atoms with van der Waals surface area (Å²) in [6.45, 7) is 6.06. The molecule has 0 aliphatic carbocycles. The predicted molar refractivity (Wildman–Crippen MR) is 139 cm³/mol. The Morgan fingerprint density at radius 1 is 1.06 bits per heavy atom. The van der Waals surface area contributed by atoms with E-state index in [9.17, 15) is 4.79 Å². The maximum atomic E-state index is 12.5. The Bertz CT molecular complexity index is 1500. The molecule has 1 amide bonds. The third kappa shape index (κ3) is 4.12. The molecule has 3 aromatic heterocycles. The Labute approximate surface area is 205 Å². The van der Waals surface area contributed by atoms with Gasteiger partial charge < -0.3 is 9.88 Å². The molecule has 7 nitrogen and oxygen atoms in total.